The van der Waals surface area contributed by atoms with Crippen LogP contribution < -0.4 is 11.1 Å². The summed E-state index contributed by atoms with van der Waals surface area (Å²) in [5.74, 6) is -2.25. The molecule has 2 rings (SSSR count). The molecule has 0 heterocycles. The van der Waals surface area contributed by atoms with Gasteiger partial charge in [-0.2, -0.15) is 26.3 Å². The lowest BCUT2D eigenvalue weighted by molar-refractivity contribution is -0.152. The number of anilines is 2. The molecule has 0 radical (unpaired) electrons. The number of halogens is 6. The smallest absolute Gasteiger partial charge is 0.416 e. The molecule has 3 N–H and O–H groups in total. The van der Waals surface area contributed by atoms with Crippen LogP contribution in [0.3, 0.4) is 0 Å². The summed E-state index contributed by atoms with van der Waals surface area (Å²) in [4.78, 5) is 22.4. The van der Waals surface area contributed by atoms with Crippen LogP contribution in [0.5, 0.6) is 0 Å². The van der Waals surface area contributed by atoms with E-state index in [4.69, 9.17) is 5.73 Å². The zero-order valence-corrected chi connectivity index (χ0v) is 16.7. The van der Waals surface area contributed by atoms with Crippen LogP contribution in [0, 0.1) is 13.8 Å². The van der Waals surface area contributed by atoms with Gasteiger partial charge in [-0.15, -0.1) is 0 Å². The predicted octanol–water partition coefficient (Wildman–Crippen LogP) is 5.11. The number of esters is 1. The quantitative estimate of drug-likeness (QED) is 0.288. The summed E-state index contributed by atoms with van der Waals surface area (Å²) in [5.41, 5.74) is 3.81. The van der Waals surface area contributed by atoms with Crippen LogP contribution in [0.2, 0.25) is 0 Å². The lowest BCUT2D eigenvalue weighted by Crippen LogP contribution is -2.25. The summed E-state index contributed by atoms with van der Waals surface area (Å²) in [5, 5.41) is 2.09. The monoisotopic (exact) mass is 450 g/mol. The average molecular weight is 450 g/mol. The molecule has 0 saturated carbocycles. The normalized spacial score (nSPS) is 11.3. The van der Waals surface area contributed by atoms with E-state index in [-0.39, 0.29) is 29.1 Å². The molecule has 2 aromatic carbocycles. The number of amides is 1. The zero-order valence-electron chi connectivity index (χ0n) is 16.7. The third-order valence-electron chi connectivity index (χ3n) is 4.03. The Balaban J connectivity index is 0.000000343. The molecule has 0 saturated heterocycles. The maximum absolute atomic E-state index is 12.6. The van der Waals surface area contributed by atoms with E-state index < -0.39 is 35.4 Å². The van der Waals surface area contributed by atoms with Gasteiger partial charge < -0.3 is 15.8 Å². The Morgan fingerprint density at radius 2 is 1.39 bits per heavy atom. The number of carbonyl (C=O) groups excluding carboxylic acids is 2. The van der Waals surface area contributed by atoms with E-state index in [2.05, 4.69) is 10.1 Å². The molecule has 0 aliphatic rings. The highest BCUT2D eigenvalue weighted by Crippen LogP contribution is 2.35. The molecule has 0 unspecified atom stereocenters. The molecule has 0 aliphatic heterocycles. The van der Waals surface area contributed by atoms with Gasteiger partial charge in [0.05, 0.1) is 17.7 Å². The van der Waals surface area contributed by atoms with Gasteiger partial charge >= 0.3 is 24.2 Å². The summed E-state index contributed by atoms with van der Waals surface area (Å²) < 4.78 is 78.9. The van der Waals surface area contributed by atoms with Crippen molar-refractivity contribution in [2.45, 2.75) is 33.1 Å². The first-order valence-electron chi connectivity index (χ1n) is 8.77. The number of hydrogen-bond acceptors (Lipinski definition) is 4. The van der Waals surface area contributed by atoms with Gasteiger partial charge in [-0.05, 0) is 56.2 Å². The molecule has 31 heavy (non-hydrogen) atoms. The molecule has 0 aromatic heterocycles. The highest BCUT2D eigenvalue weighted by molar-refractivity contribution is 6.37. The predicted molar refractivity (Wildman–Crippen MR) is 102 cm³/mol. The van der Waals surface area contributed by atoms with Gasteiger partial charge in [0.1, 0.15) is 0 Å². The van der Waals surface area contributed by atoms with Gasteiger partial charge in [0, 0.05) is 11.4 Å². The number of carbonyl (C=O) groups is 2. The van der Waals surface area contributed by atoms with E-state index in [0.29, 0.717) is 0 Å². The number of benzene rings is 2. The lowest BCUT2D eigenvalue weighted by atomic mass is 10.1. The number of nitrogens with one attached hydrogen (secondary N) is 1. The second kappa shape index (κ2) is 10.2. The third kappa shape index (κ3) is 7.19. The van der Waals surface area contributed by atoms with Gasteiger partial charge in [0.15, 0.2) is 0 Å². The van der Waals surface area contributed by atoms with Gasteiger partial charge in [0.2, 0.25) is 0 Å². The fourth-order valence-electron chi connectivity index (χ4n) is 2.41. The van der Waals surface area contributed by atoms with Crippen molar-refractivity contribution in [2.75, 3.05) is 17.7 Å². The van der Waals surface area contributed by atoms with E-state index in [1.807, 2.05) is 0 Å². The number of rotatable bonds is 2. The Hall–Kier alpha value is -3.24. The van der Waals surface area contributed by atoms with Crippen molar-refractivity contribution >= 4 is 23.3 Å². The van der Waals surface area contributed by atoms with Gasteiger partial charge in [-0.3, -0.25) is 4.79 Å². The van der Waals surface area contributed by atoms with E-state index in [0.717, 1.165) is 18.2 Å². The molecule has 0 bridgehead atoms. The minimum Gasteiger partial charge on any atom is -0.459 e. The van der Waals surface area contributed by atoms with Gasteiger partial charge in [0.25, 0.3) is 0 Å². The van der Waals surface area contributed by atoms with E-state index >= 15 is 0 Å². The average Bonchev–Trinajstić information content (AvgIpc) is 2.64. The van der Waals surface area contributed by atoms with Crippen molar-refractivity contribution < 1.29 is 40.7 Å². The third-order valence-corrected chi connectivity index (χ3v) is 4.03. The Morgan fingerprint density at radius 3 is 1.84 bits per heavy atom. The van der Waals surface area contributed by atoms with Crippen molar-refractivity contribution in [1.29, 1.82) is 0 Å². The first-order valence-corrected chi connectivity index (χ1v) is 8.77. The molecule has 0 atom stereocenters. The van der Waals surface area contributed by atoms with Gasteiger partial charge in [-0.1, -0.05) is 12.1 Å². The van der Waals surface area contributed by atoms with Crippen LogP contribution in [0.4, 0.5) is 37.7 Å². The zero-order chi connectivity index (χ0) is 24.0. The molecule has 11 heteroatoms. The molecular formula is C20H20F6N2O3. The maximum Gasteiger partial charge on any atom is 0.416 e. The highest BCUT2D eigenvalue weighted by Gasteiger charge is 2.33. The molecule has 0 aliphatic carbocycles. The van der Waals surface area contributed by atoms with Crippen molar-refractivity contribution in [3.8, 4) is 0 Å². The second-order valence-corrected chi connectivity index (χ2v) is 6.17. The van der Waals surface area contributed by atoms with Crippen LogP contribution >= 0.6 is 0 Å². The summed E-state index contributed by atoms with van der Waals surface area (Å²) in [7, 11) is 0. The minimum atomic E-state index is -4.52. The van der Waals surface area contributed by atoms with Crippen LogP contribution in [-0.2, 0) is 26.7 Å². The minimum absolute atomic E-state index is 0.00776. The fraction of sp³-hybridized carbons (Fsp3) is 0.300. The Morgan fingerprint density at radius 1 is 0.903 bits per heavy atom. The number of alkyl halides is 6. The van der Waals surface area contributed by atoms with Crippen LogP contribution in [0.1, 0.15) is 29.2 Å². The largest absolute Gasteiger partial charge is 0.459 e. The number of ether oxygens (including phenoxy) is 1. The number of nitrogens with two attached hydrogens (primary N) is 1. The highest BCUT2D eigenvalue weighted by atomic mass is 19.4. The fourth-order valence-corrected chi connectivity index (χ4v) is 2.41. The van der Waals surface area contributed by atoms with Crippen LogP contribution in [-0.4, -0.2) is 18.5 Å². The van der Waals surface area contributed by atoms with Crippen molar-refractivity contribution in [3.63, 3.8) is 0 Å². The van der Waals surface area contributed by atoms with Crippen molar-refractivity contribution in [2.24, 2.45) is 0 Å². The lowest BCUT2D eigenvalue weighted by Gasteiger charge is -2.14. The number of hydrogen-bond donors (Lipinski definition) is 2. The standard InChI is InChI=1S/C12H12F3NO3.C8H8F3N/c1-3-19-11(18)10(17)16-9-6-4-5-8(7(9)2)12(13,14)15;1-5-6(8(9,10)11)3-2-4-7(5)12/h4-6H,3H2,1-2H3,(H,16,17);2-4H,12H2,1H3. The van der Waals surface area contributed by atoms with Crippen molar-refractivity contribution in [3.05, 3.63) is 58.7 Å². The molecule has 170 valence electrons. The second-order valence-electron chi connectivity index (χ2n) is 6.17. The maximum atomic E-state index is 12.6. The summed E-state index contributed by atoms with van der Waals surface area (Å²) >= 11 is 0. The molecule has 1 amide bonds. The molecular weight excluding hydrogens is 430 g/mol. The molecule has 0 spiro atoms. The SMILES string of the molecule is CCOC(=O)C(=O)Nc1cccc(C(F)(F)F)c1C.Cc1c(N)cccc1C(F)(F)F. The first-order chi connectivity index (χ1) is 14.2. The summed E-state index contributed by atoms with van der Waals surface area (Å²) in [6.07, 6.45) is -8.83. The number of nitrogen functional groups attached to an aromatic ring is 1. The summed E-state index contributed by atoms with van der Waals surface area (Å²) in [6.45, 7) is 4.09. The topological polar surface area (TPSA) is 81.4 Å². The van der Waals surface area contributed by atoms with E-state index in [9.17, 15) is 35.9 Å². The van der Waals surface area contributed by atoms with E-state index in [1.165, 1.54) is 39.0 Å². The Bertz CT molecular complexity index is 939. The molecule has 5 nitrogen and oxygen atoms in total. The Labute approximate surface area is 174 Å². The van der Waals surface area contributed by atoms with Gasteiger partial charge in [-0.25, -0.2) is 4.79 Å². The molecule has 2 aromatic rings. The Kier molecular flexibility index (Phi) is 8.47. The van der Waals surface area contributed by atoms with Crippen molar-refractivity contribution in [1.82, 2.24) is 0 Å². The van der Waals surface area contributed by atoms with E-state index in [1.54, 1.807) is 0 Å². The summed E-state index contributed by atoms with van der Waals surface area (Å²) in [6, 6.07) is 7.09. The first kappa shape index (κ1) is 25.8. The van der Waals surface area contributed by atoms with Crippen LogP contribution in [0.15, 0.2) is 36.4 Å². The molecule has 0 fully saturated rings. The van der Waals surface area contributed by atoms with Crippen LogP contribution in [0.25, 0.3) is 0 Å².